The Morgan fingerprint density at radius 2 is 1.20 bits per heavy atom. The summed E-state index contributed by atoms with van der Waals surface area (Å²) >= 11 is 14.2. The Labute approximate surface area is 94.3 Å². The van der Waals surface area contributed by atoms with Gasteiger partial charge in [0.25, 0.3) is 0 Å². The molecule has 0 nitrogen and oxygen atoms in total. The molecule has 10 heavy (non-hydrogen) atoms. The van der Waals surface area contributed by atoms with Gasteiger partial charge in [0, 0.05) is 18.6 Å². The normalized spacial score (nSPS) is 34.8. The lowest BCUT2D eigenvalue weighted by Crippen LogP contribution is -2.13. The first-order chi connectivity index (χ1) is 4.63. The highest BCUT2D eigenvalue weighted by atomic mass is 79.9. The third kappa shape index (κ3) is 2.08. The number of halogens is 4. The van der Waals surface area contributed by atoms with Crippen molar-refractivity contribution in [2.45, 2.75) is 22.5 Å². The second kappa shape index (κ2) is 4.06. The summed E-state index contributed by atoms with van der Waals surface area (Å²) in [6, 6.07) is 0. The first kappa shape index (κ1) is 9.75. The minimum Gasteiger partial charge on any atom is -0.0833 e. The number of hydrogen-bond donors (Lipinski definition) is 0. The van der Waals surface area contributed by atoms with E-state index in [9.17, 15) is 0 Å². The van der Waals surface area contributed by atoms with E-state index in [2.05, 4.69) is 63.7 Å². The van der Waals surface area contributed by atoms with E-state index in [1.54, 1.807) is 0 Å². The summed E-state index contributed by atoms with van der Waals surface area (Å²) < 4.78 is 2.47. The van der Waals surface area contributed by atoms with Crippen LogP contribution in [0.25, 0.3) is 0 Å². The highest BCUT2D eigenvalue weighted by molar-refractivity contribution is 9.16. The van der Waals surface area contributed by atoms with Crippen LogP contribution in [0.2, 0.25) is 0 Å². The Bertz CT molecular complexity index is 145. The van der Waals surface area contributed by atoms with E-state index in [0.717, 1.165) is 0 Å². The van der Waals surface area contributed by atoms with Gasteiger partial charge < -0.3 is 0 Å². The highest BCUT2D eigenvalue weighted by Crippen LogP contribution is 2.39. The summed E-state index contributed by atoms with van der Waals surface area (Å²) in [5.41, 5.74) is 0. The summed E-state index contributed by atoms with van der Waals surface area (Å²) in [7, 11) is 0. The van der Waals surface area contributed by atoms with Crippen LogP contribution in [0.3, 0.4) is 0 Å². The molecule has 1 rings (SSSR count). The van der Waals surface area contributed by atoms with E-state index in [1.165, 1.54) is 21.8 Å². The first-order valence-electron chi connectivity index (χ1n) is 2.96. The quantitative estimate of drug-likeness (QED) is 0.534. The van der Waals surface area contributed by atoms with E-state index >= 15 is 0 Å². The lowest BCUT2D eigenvalue weighted by Gasteiger charge is -2.21. The van der Waals surface area contributed by atoms with Gasteiger partial charge in [-0.05, 0) is 12.8 Å². The van der Waals surface area contributed by atoms with Gasteiger partial charge in [-0.15, -0.1) is 0 Å². The highest BCUT2D eigenvalue weighted by Gasteiger charge is 2.23. The van der Waals surface area contributed by atoms with Gasteiger partial charge in [0.1, 0.15) is 0 Å². The molecule has 0 spiro atoms. The van der Waals surface area contributed by atoms with E-state index in [0.29, 0.717) is 9.65 Å². The third-order valence-corrected chi connectivity index (χ3v) is 7.00. The Kier molecular flexibility index (Phi) is 3.95. The zero-order chi connectivity index (χ0) is 7.72. The Hall–Kier alpha value is 1.66. The van der Waals surface area contributed by atoms with Crippen molar-refractivity contribution in [2.75, 3.05) is 0 Å². The van der Waals surface area contributed by atoms with Crippen LogP contribution in [0.5, 0.6) is 0 Å². The fourth-order valence-corrected chi connectivity index (χ4v) is 3.49. The summed E-state index contributed by atoms with van der Waals surface area (Å²) in [5.74, 6) is 0. The zero-order valence-corrected chi connectivity index (χ0v) is 11.4. The van der Waals surface area contributed by atoms with E-state index in [4.69, 9.17) is 0 Å². The lowest BCUT2D eigenvalue weighted by molar-refractivity contribution is 0.755. The second-order valence-corrected chi connectivity index (χ2v) is 6.13. The SMILES string of the molecule is BrC1=C(Br)C(Br)CCC1Br. The maximum absolute atomic E-state index is 3.57. The topological polar surface area (TPSA) is 0 Å². The van der Waals surface area contributed by atoms with Crippen LogP contribution in [-0.2, 0) is 0 Å². The van der Waals surface area contributed by atoms with Crippen molar-refractivity contribution in [1.82, 2.24) is 0 Å². The van der Waals surface area contributed by atoms with Crippen LogP contribution in [0, 0.1) is 0 Å². The maximum atomic E-state index is 3.57. The fourth-order valence-electron chi connectivity index (χ4n) is 0.845. The predicted molar refractivity (Wildman–Crippen MR) is 59.5 cm³/mol. The Morgan fingerprint density at radius 3 is 1.50 bits per heavy atom. The molecule has 2 unspecified atom stereocenters. The second-order valence-electron chi connectivity index (χ2n) is 2.21. The summed E-state index contributed by atoms with van der Waals surface area (Å²) in [5, 5.41) is 0. The number of rotatable bonds is 0. The summed E-state index contributed by atoms with van der Waals surface area (Å²) in [6.07, 6.45) is 2.37. The van der Waals surface area contributed by atoms with Gasteiger partial charge in [-0.1, -0.05) is 63.7 Å². The molecule has 0 saturated heterocycles. The van der Waals surface area contributed by atoms with Gasteiger partial charge in [0.2, 0.25) is 0 Å². The molecule has 0 aromatic carbocycles. The van der Waals surface area contributed by atoms with E-state index in [-0.39, 0.29) is 0 Å². The van der Waals surface area contributed by atoms with E-state index in [1.807, 2.05) is 0 Å². The van der Waals surface area contributed by atoms with Crippen LogP contribution in [0.15, 0.2) is 8.96 Å². The number of alkyl halides is 2. The van der Waals surface area contributed by atoms with Crippen LogP contribution < -0.4 is 0 Å². The lowest BCUT2D eigenvalue weighted by atomic mass is 10.1. The molecule has 0 heterocycles. The molecule has 0 aromatic rings. The van der Waals surface area contributed by atoms with Crippen molar-refractivity contribution in [2.24, 2.45) is 0 Å². The molecule has 2 atom stereocenters. The number of allylic oxidation sites excluding steroid dienone is 2. The molecular weight excluding hydrogens is 392 g/mol. The molecule has 1 aliphatic rings. The van der Waals surface area contributed by atoms with Crippen LogP contribution in [0.1, 0.15) is 12.8 Å². The molecule has 58 valence electrons. The average Bonchev–Trinajstić information content (AvgIpc) is 1.93. The summed E-state index contributed by atoms with van der Waals surface area (Å²) in [4.78, 5) is 0.992. The van der Waals surface area contributed by atoms with Crippen molar-refractivity contribution in [3.8, 4) is 0 Å². The largest absolute Gasteiger partial charge is 0.0833 e. The molecular formula is C6H6Br4. The average molecular weight is 398 g/mol. The minimum atomic E-state index is 0.496. The molecule has 0 aliphatic heterocycles. The first-order valence-corrected chi connectivity index (χ1v) is 6.38. The number of hydrogen-bond acceptors (Lipinski definition) is 0. The van der Waals surface area contributed by atoms with Gasteiger partial charge in [-0.2, -0.15) is 0 Å². The Balaban J connectivity index is 2.81. The van der Waals surface area contributed by atoms with Gasteiger partial charge in [-0.25, -0.2) is 0 Å². The van der Waals surface area contributed by atoms with Crippen molar-refractivity contribution in [1.29, 1.82) is 0 Å². The van der Waals surface area contributed by atoms with Crippen molar-refractivity contribution < 1.29 is 0 Å². The van der Waals surface area contributed by atoms with Crippen LogP contribution in [0.4, 0.5) is 0 Å². The molecule has 0 radical (unpaired) electrons. The molecule has 0 fully saturated rings. The van der Waals surface area contributed by atoms with Crippen molar-refractivity contribution >= 4 is 63.7 Å². The summed E-state index contributed by atoms with van der Waals surface area (Å²) in [6.45, 7) is 0. The fraction of sp³-hybridized carbons (Fsp3) is 0.667. The monoisotopic (exact) mass is 394 g/mol. The molecule has 0 amide bonds. The standard InChI is InChI=1S/C6H6Br4/c7-3-1-2-4(8)6(10)5(3)9/h3-4H,1-2H2. The maximum Gasteiger partial charge on any atom is 0.0470 e. The molecule has 4 heteroatoms. The third-order valence-electron chi connectivity index (χ3n) is 1.45. The van der Waals surface area contributed by atoms with Crippen LogP contribution in [-0.4, -0.2) is 9.65 Å². The van der Waals surface area contributed by atoms with Gasteiger partial charge in [0.05, 0.1) is 0 Å². The van der Waals surface area contributed by atoms with Gasteiger partial charge in [-0.3, -0.25) is 0 Å². The predicted octanol–water partition coefficient (Wildman–Crippen LogP) is 4.31. The smallest absolute Gasteiger partial charge is 0.0470 e. The van der Waals surface area contributed by atoms with Crippen molar-refractivity contribution in [3.05, 3.63) is 8.96 Å². The van der Waals surface area contributed by atoms with Gasteiger partial charge >= 0.3 is 0 Å². The molecule has 1 aliphatic carbocycles. The minimum absolute atomic E-state index is 0.496. The molecule has 0 N–H and O–H groups in total. The van der Waals surface area contributed by atoms with E-state index < -0.39 is 0 Å². The zero-order valence-electron chi connectivity index (χ0n) is 5.08. The van der Waals surface area contributed by atoms with Gasteiger partial charge in [0.15, 0.2) is 0 Å². The van der Waals surface area contributed by atoms with Crippen LogP contribution >= 0.6 is 63.7 Å². The molecule has 0 bridgehead atoms. The Morgan fingerprint density at radius 1 is 0.900 bits per heavy atom. The molecule has 0 aromatic heterocycles. The van der Waals surface area contributed by atoms with Crippen molar-refractivity contribution in [3.63, 3.8) is 0 Å². The molecule has 0 saturated carbocycles.